The van der Waals surface area contributed by atoms with Crippen molar-refractivity contribution in [2.75, 3.05) is 20.2 Å². The number of rotatable bonds is 5. The Morgan fingerprint density at radius 3 is 2.12 bits per heavy atom. The van der Waals surface area contributed by atoms with Gasteiger partial charge in [0.05, 0.1) is 59.4 Å². The Morgan fingerprint density at radius 1 is 0.848 bits per heavy atom. The first kappa shape index (κ1) is 50.3. The van der Waals surface area contributed by atoms with E-state index in [0.29, 0.717) is 12.8 Å². The van der Waals surface area contributed by atoms with Crippen molar-refractivity contribution in [3.05, 3.63) is 69.8 Å². The van der Waals surface area contributed by atoms with Crippen molar-refractivity contribution in [3.8, 4) is 11.5 Å². The minimum atomic E-state index is -2.13. The van der Waals surface area contributed by atoms with Gasteiger partial charge in [0, 0.05) is 68.9 Å². The van der Waals surface area contributed by atoms with Crippen LogP contribution < -0.4 is 14.8 Å². The third-order valence-corrected chi connectivity index (χ3v) is 13.8. The standard InChI is InChI=1S/C50H66N2O14/c1-24-16-15-17-25(2)48(59)51-38-39(52-22-26(3)63-27(4)23-52)43(57)35-36(42(38)56)45(65-49(60)33-18-13-12-14-19-33)31(8)46-37(35)47(58)50(10,66-46)62-21-20-34(61-11)28(5)44(64-32(9)53)30(7)41(55)29(6)40(24)54/h15-17,20-21,24,26-30,33-34,40-41,44,54-55H,12-14,18-19,22-23H2,1-11H3,(H,51,59)/b16-15+,21-20+,25-17-/t24-,26?,27?,28+,29+,30-,34-,40-,41-,44+,50-/m0/s1. The van der Waals surface area contributed by atoms with Gasteiger partial charge < -0.3 is 48.9 Å². The lowest BCUT2D eigenvalue weighted by atomic mass is 9.78. The molecule has 66 heavy (non-hydrogen) atoms. The van der Waals surface area contributed by atoms with Gasteiger partial charge in [-0.15, -0.1) is 0 Å². The van der Waals surface area contributed by atoms with Crippen LogP contribution in [0, 0.1) is 36.5 Å². The van der Waals surface area contributed by atoms with Crippen molar-refractivity contribution in [1.82, 2.24) is 10.2 Å². The molecule has 3 N–H and O–H groups in total. The molecule has 1 saturated heterocycles. The van der Waals surface area contributed by atoms with Crippen molar-refractivity contribution in [1.29, 1.82) is 0 Å². The van der Waals surface area contributed by atoms with E-state index in [0.717, 1.165) is 19.3 Å². The summed E-state index contributed by atoms with van der Waals surface area (Å²) in [5.74, 6) is -9.92. The van der Waals surface area contributed by atoms with Gasteiger partial charge in [-0.1, -0.05) is 65.2 Å². The van der Waals surface area contributed by atoms with E-state index in [4.69, 9.17) is 28.4 Å². The molecule has 6 aliphatic rings. The predicted molar refractivity (Wildman–Crippen MR) is 240 cm³/mol. The van der Waals surface area contributed by atoms with Crippen LogP contribution in [0.2, 0.25) is 0 Å². The predicted octanol–water partition coefficient (Wildman–Crippen LogP) is 5.85. The molecule has 360 valence electrons. The quantitative estimate of drug-likeness (QED) is 0.234. The number of nitrogens with one attached hydrogen (secondary N) is 1. The van der Waals surface area contributed by atoms with Gasteiger partial charge in [0.15, 0.2) is 0 Å². The molecule has 1 amide bonds. The smallest absolute Gasteiger partial charge is 0.314 e. The Balaban J connectivity index is 1.56. The number of benzene rings is 1. The van der Waals surface area contributed by atoms with Crippen molar-refractivity contribution in [2.24, 2.45) is 29.6 Å². The number of morpholine rings is 1. The first-order chi connectivity index (χ1) is 31.1. The number of carbonyl (C=O) groups excluding carboxylic acids is 6. The maximum absolute atomic E-state index is 15.4. The average molecular weight is 919 g/mol. The number of aliphatic hydroxyl groups excluding tert-OH is 2. The molecular weight excluding hydrogens is 853 g/mol. The number of ketones is 3. The Bertz CT molecular complexity index is 2230. The van der Waals surface area contributed by atoms with Gasteiger partial charge in [-0.2, -0.15) is 0 Å². The number of ether oxygens (including phenoxy) is 6. The Labute approximate surface area is 386 Å². The van der Waals surface area contributed by atoms with Crippen LogP contribution in [-0.4, -0.2) is 113 Å². The van der Waals surface area contributed by atoms with E-state index in [1.54, 1.807) is 44.7 Å². The lowest BCUT2D eigenvalue weighted by molar-refractivity contribution is -0.160. The first-order valence-electron chi connectivity index (χ1n) is 23.1. The largest absolute Gasteiger partial charge is 0.462 e. The van der Waals surface area contributed by atoms with Gasteiger partial charge in [-0.3, -0.25) is 28.8 Å². The molecule has 2 fully saturated rings. The molecule has 2 unspecified atom stereocenters. The van der Waals surface area contributed by atoms with Crippen molar-refractivity contribution in [3.63, 3.8) is 0 Å². The molecule has 5 bridgehead atoms. The number of methoxy groups -OCH3 is 1. The molecule has 4 aliphatic heterocycles. The van der Waals surface area contributed by atoms with Gasteiger partial charge in [0.2, 0.25) is 11.6 Å². The average Bonchev–Trinajstić information content (AvgIpc) is 3.54. The zero-order chi connectivity index (χ0) is 48.5. The molecule has 16 heteroatoms. The molecule has 2 aliphatic carbocycles. The number of Topliss-reactive ketones (excluding diaryl/α,β-unsaturated/α-hetero) is 3. The summed E-state index contributed by atoms with van der Waals surface area (Å²) in [6, 6.07) is 0. The number of esters is 2. The Kier molecular flexibility index (Phi) is 15.5. The third-order valence-electron chi connectivity index (χ3n) is 13.8. The monoisotopic (exact) mass is 918 g/mol. The fourth-order valence-corrected chi connectivity index (χ4v) is 9.97. The second-order valence-corrected chi connectivity index (χ2v) is 18.9. The SMILES string of the molecule is CO[C@H]1/C=C/O[C@@]2(C)Oc3c(C)c(OC(=O)C4CCCCC4)c4c(c3C2=O)C(=O)C(N2CC(C)OC(C)C2)=C(NC(=O)/C(C)=C\C=C\[C@H](C)[C@H](O)[C@@H](C)[C@H](O)[C@H](C)[C@H](OC(C)=O)[C@@H]1C)C4=O. The second-order valence-electron chi connectivity index (χ2n) is 18.9. The van der Waals surface area contributed by atoms with Crippen LogP contribution in [0.4, 0.5) is 0 Å². The zero-order valence-electron chi connectivity index (χ0n) is 39.9. The summed E-state index contributed by atoms with van der Waals surface area (Å²) in [7, 11) is 1.43. The second kappa shape index (κ2) is 20.4. The van der Waals surface area contributed by atoms with Crippen LogP contribution in [0.3, 0.4) is 0 Å². The highest BCUT2D eigenvalue weighted by Gasteiger charge is 2.54. The minimum Gasteiger partial charge on any atom is -0.462 e. The number of aliphatic hydroxyl groups is 2. The number of fused-ring (bicyclic) bond motifs is 14. The lowest BCUT2D eigenvalue weighted by Crippen LogP contribution is -2.49. The summed E-state index contributed by atoms with van der Waals surface area (Å²) in [5, 5.41) is 25.8. The van der Waals surface area contributed by atoms with Crippen LogP contribution >= 0.6 is 0 Å². The fourth-order valence-electron chi connectivity index (χ4n) is 9.97. The first-order valence-corrected chi connectivity index (χ1v) is 23.1. The molecule has 1 aromatic rings. The molecule has 0 aromatic heterocycles. The van der Waals surface area contributed by atoms with E-state index in [-0.39, 0.29) is 63.8 Å². The maximum Gasteiger partial charge on any atom is 0.314 e. The summed E-state index contributed by atoms with van der Waals surface area (Å²) in [4.78, 5) is 87.8. The Hall–Kier alpha value is -5.16. The highest BCUT2D eigenvalue weighted by Crippen LogP contribution is 2.50. The van der Waals surface area contributed by atoms with Crippen molar-refractivity contribution >= 4 is 35.2 Å². The zero-order valence-corrected chi connectivity index (χ0v) is 39.9. The molecule has 1 saturated carbocycles. The van der Waals surface area contributed by atoms with Crippen molar-refractivity contribution < 1.29 is 67.4 Å². The number of nitrogens with zero attached hydrogens (tertiary/aromatic N) is 1. The molecule has 0 radical (unpaired) electrons. The summed E-state index contributed by atoms with van der Waals surface area (Å²) in [5.41, 5.74) is -1.26. The molecule has 16 nitrogen and oxygen atoms in total. The molecule has 1 aromatic carbocycles. The Morgan fingerprint density at radius 2 is 1.50 bits per heavy atom. The van der Waals surface area contributed by atoms with Gasteiger partial charge >= 0.3 is 17.7 Å². The maximum atomic E-state index is 15.4. The molecule has 7 rings (SSSR count). The third kappa shape index (κ3) is 9.92. The topological polar surface area (TPSA) is 214 Å². The number of carbonyl (C=O) groups is 6. The van der Waals surface area contributed by atoms with E-state index in [1.807, 2.05) is 13.8 Å². The van der Waals surface area contributed by atoms with E-state index in [2.05, 4.69) is 5.32 Å². The number of hydrogen-bond acceptors (Lipinski definition) is 15. The number of amides is 1. The summed E-state index contributed by atoms with van der Waals surface area (Å²) >= 11 is 0. The van der Waals surface area contributed by atoms with Crippen LogP contribution in [-0.2, 0) is 33.3 Å². The van der Waals surface area contributed by atoms with E-state index in [9.17, 15) is 29.4 Å². The highest BCUT2D eigenvalue weighted by molar-refractivity contribution is 6.32. The lowest BCUT2D eigenvalue weighted by Gasteiger charge is -2.39. The molecule has 0 spiro atoms. The van der Waals surface area contributed by atoms with E-state index < -0.39 is 107 Å². The molecule has 4 heterocycles. The molecular formula is C50H66N2O14. The fraction of sp³-hybridized carbons (Fsp3) is 0.600. The van der Waals surface area contributed by atoms with Gasteiger partial charge in [0.25, 0.3) is 11.7 Å². The number of hydrogen-bond donors (Lipinski definition) is 3. The van der Waals surface area contributed by atoms with Crippen LogP contribution in [0.5, 0.6) is 11.5 Å². The van der Waals surface area contributed by atoms with Gasteiger partial charge in [-0.25, -0.2) is 0 Å². The van der Waals surface area contributed by atoms with Crippen LogP contribution in [0.15, 0.2) is 47.5 Å². The van der Waals surface area contributed by atoms with Crippen LogP contribution in [0.25, 0.3) is 0 Å². The minimum absolute atomic E-state index is 0.0962. The van der Waals surface area contributed by atoms with Crippen molar-refractivity contribution in [2.45, 2.75) is 144 Å². The van der Waals surface area contributed by atoms with Crippen LogP contribution in [0.1, 0.15) is 131 Å². The number of allylic oxidation sites excluding steroid dienone is 4. The highest BCUT2D eigenvalue weighted by atomic mass is 16.7. The van der Waals surface area contributed by atoms with E-state index in [1.165, 1.54) is 53.2 Å². The normalized spacial score (nSPS) is 34.4. The summed E-state index contributed by atoms with van der Waals surface area (Å²) < 4.78 is 36.2. The van der Waals surface area contributed by atoms with Gasteiger partial charge in [0.1, 0.15) is 29.0 Å². The summed E-state index contributed by atoms with van der Waals surface area (Å²) in [6.45, 7) is 16.5. The van der Waals surface area contributed by atoms with Gasteiger partial charge in [-0.05, 0) is 46.6 Å². The van der Waals surface area contributed by atoms with E-state index >= 15 is 9.59 Å². The summed E-state index contributed by atoms with van der Waals surface area (Å²) in [6.07, 6.45) is 6.37. The molecule has 11 atom stereocenters.